The molecule has 0 fully saturated rings. The fourth-order valence-electron chi connectivity index (χ4n) is 1.33. The van der Waals surface area contributed by atoms with Crippen LogP contribution in [0.5, 0.6) is 0 Å². The molecule has 0 saturated carbocycles. The van der Waals surface area contributed by atoms with E-state index in [0.29, 0.717) is 0 Å². The number of carbonyl (C=O) groups excluding carboxylic acids is 1. The van der Waals surface area contributed by atoms with E-state index in [1.165, 1.54) is 0 Å². The van der Waals surface area contributed by atoms with Crippen LogP contribution in [-0.4, -0.2) is 23.6 Å². The van der Waals surface area contributed by atoms with Crippen LogP contribution in [0.1, 0.15) is 25.5 Å². The Kier molecular flexibility index (Phi) is 5.16. The number of nitrogens with zero attached hydrogens (tertiary/aromatic N) is 1. The number of hydroxylamine groups is 1. The third kappa shape index (κ3) is 3.88. The van der Waals surface area contributed by atoms with Gasteiger partial charge in [0.2, 0.25) is 5.84 Å². The van der Waals surface area contributed by atoms with E-state index in [2.05, 4.69) is 4.99 Å². The van der Waals surface area contributed by atoms with Gasteiger partial charge in [0.1, 0.15) is 0 Å². The predicted octanol–water partition coefficient (Wildman–Crippen LogP) is 1.69. The lowest BCUT2D eigenvalue weighted by Gasteiger charge is -2.09. The number of benzene rings is 1. The van der Waals surface area contributed by atoms with Gasteiger partial charge in [-0.05, 0) is 19.4 Å². The molecule has 0 heterocycles. The Morgan fingerprint density at radius 2 is 2.12 bits per heavy atom. The first kappa shape index (κ1) is 13.2. The molecule has 0 aliphatic heterocycles. The Morgan fingerprint density at radius 3 is 2.65 bits per heavy atom. The van der Waals surface area contributed by atoms with Crippen molar-refractivity contribution in [3.63, 3.8) is 0 Å². The van der Waals surface area contributed by atoms with Crippen LogP contribution in [0.3, 0.4) is 0 Å². The van der Waals surface area contributed by atoms with Crippen molar-refractivity contribution in [3.05, 3.63) is 35.9 Å². The number of carbonyl (C=O) groups is 1. The summed E-state index contributed by atoms with van der Waals surface area (Å²) in [7, 11) is 0. The van der Waals surface area contributed by atoms with Gasteiger partial charge in [0, 0.05) is 0 Å². The van der Waals surface area contributed by atoms with Gasteiger partial charge in [-0.3, -0.25) is 10.2 Å². The summed E-state index contributed by atoms with van der Waals surface area (Å²) < 4.78 is 4.74. The standard InChI is InChI=1S/C12H16N2O3/c1-3-17-12(15)11(14-16)13-9(2)10-7-5-4-6-8-10/h4-9,16H,3H2,1-2H3,(H,13,14)/t9-/m1/s1. The van der Waals surface area contributed by atoms with Crippen LogP contribution >= 0.6 is 0 Å². The van der Waals surface area contributed by atoms with Gasteiger partial charge in [0.15, 0.2) is 0 Å². The van der Waals surface area contributed by atoms with E-state index in [1.54, 1.807) is 12.4 Å². The molecule has 1 aromatic carbocycles. The van der Waals surface area contributed by atoms with Crippen molar-refractivity contribution >= 4 is 11.8 Å². The van der Waals surface area contributed by atoms with Crippen molar-refractivity contribution in [1.82, 2.24) is 5.48 Å². The number of nitrogens with one attached hydrogen (secondary N) is 1. The lowest BCUT2D eigenvalue weighted by molar-refractivity contribution is -0.135. The monoisotopic (exact) mass is 236 g/mol. The maximum atomic E-state index is 11.4. The van der Waals surface area contributed by atoms with Crippen LogP contribution in [0.2, 0.25) is 0 Å². The first-order chi connectivity index (χ1) is 8.19. The van der Waals surface area contributed by atoms with Crippen molar-refractivity contribution in [3.8, 4) is 0 Å². The number of rotatable bonds is 3. The molecule has 0 saturated heterocycles. The fraction of sp³-hybridized carbons (Fsp3) is 0.333. The van der Waals surface area contributed by atoms with E-state index in [1.807, 2.05) is 37.3 Å². The molecule has 0 radical (unpaired) electrons. The molecule has 1 atom stereocenters. The number of aliphatic imine (C=N–C) groups is 1. The zero-order chi connectivity index (χ0) is 12.7. The molecule has 2 N–H and O–H groups in total. The summed E-state index contributed by atoms with van der Waals surface area (Å²) in [6.45, 7) is 3.75. The van der Waals surface area contributed by atoms with E-state index < -0.39 is 5.97 Å². The summed E-state index contributed by atoms with van der Waals surface area (Å²) in [5.41, 5.74) is 2.71. The summed E-state index contributed by atoms with van der Waals surface area (Å²) >= 11 is 0. The highest BCUT2D eigenvalue weighted by Gasteiger charge is 2.13. The molecular formula is C12H16N2O3. The van der Waals surface area contributed by atoms with Gasteiger partial charge in [-0.2, -0.15) is 0 Å². The van der Waals surface area contributed by atoms with Crippen molar-refractivity contribution in [2.24, 2.45) is 4.99 Å². The minimum atomic E-state index is -0.669. The summed E-state index contributed by atoms with van der Waals surface area (Å²) in [5, 5.41) is 8.84. The SMILES string of the molecule is CCOC(=O)C(=N[C@H](C)c1ccccc1)NO. The van der Waals surface area contributed by atoms with Crippen LogP contribution in [0.15, 0.2) is 35.3 Å². The molecule has 5 nitrogen and oxygen atoms in total. The van der Waals surface area contributed by atoms with Gasteiger partial charge in [0.05, 0.1) is 12.6 Å². The first-order valence-electron chi connectivity index (χ1n) is 5.39. The average molecular weight is 236 g/mol. The second-order valence-electron chi connectivity index (χ2n) is 3.40. The van der Waals surface area contributed by atoms with E-state index >= 15 is 0 Å². The second-order valence-corrected chi connectivity index (χ2v) is 3.40. The maximum Gasteiger partial charge on any atom is 0.375 e. The van der Waals surface area contributed by atoms with Crippen LogP contribution in [0.25, 0.3) is 0 Å². The quantitative estimate of drug-likeness (QED) is 0.362. The van der Waals surface area contributed by atoms with Crippen molar-refractivity contribution in [1.29, 1.82) is 0 Å². The van der Waals surface area contributed by atoms with Gasteiger partial charge in [0.25, 0.3) is 0 Å². The first-order valence-corrected chi connectivity index (χ1v) is 5.39. The van der Waals surface area contributed by atoms with E-state index in [9.17, 15) is 4.79 Å². The molecule has 0 aromatic heterocycles. The molecule has 0 bridgehead atoms. The predicted molar refractivity (Wildman–Crippen MR) is 63.8 cm³/mol. The minimum absolute atomic E-state index is 0.191. The van der Waals surface area contributed by atoms with E-state index in [-0.39, 0.29) is 18.5 Å². The smallest absolute Gasteiger partial charge is 0.375 e. The topological polar surface area (TPSA) is 70.9 Å². The molecule has 1 aromatic rings. The summed E-state index contributed by atoms with van der Waals surface area (Å²) in [6.07, 6.45) is 0. The molecule has 1 rings (SSSR count). The van der Waals surface area contributed by atoms with Crippen molar-refractivity contribution < 1.29 is 14.7 Å². The molecule has 0 aliphatic carbocycles. The van der Waals surface area contributed by atoms with Crippen molar-refractivity contribution in [2.45, 2.75) is 19.9 Å². The molecule has 0 amide bonds. The zero-order valence-electron chi connectivity index (χ0n) is 9.88. The lowest BCUT2D eigenvalue weighted by atomic mass is 10.1. The highest BCUT2D eigenvalue weighted by molar-refractivity contribution is 6.35. The molecule has 0 spiro atoms. The minimum Gasteiger partial charge on any atom is -0.460 e. The van der Waals surface area contributed by atoms with Crippen LogP contribution < -0.4 is 5.48 Å². The van der Waals surface area contributed by atoms with Gasteiger partial charge < -0.3 is 4.74 Å². The van der Waals surface area contributed by atoms with Gasteiger partial charge in [-0.15, -0.1) is 0 Å². The van der Waals surface area contributed by atoms with Crippen molar-refractivity contribution in [2.75, 3.05) is 6.61 Å². The Balaban J connectivity index is 2.81. The lowest BCUT2D eigenvalue weighted by Crippen LogP contribution is -2.30. The fourth-order valence-corrected chi connectivity index (χ4v) is 1.33. The molecule has 0 aliphatic rings. The maximum absolute atomic E-state index is 11.4. The molecule has 0 unspecified atom stereocenters. The average Bonchev–Trinajstić information content (AvgIpc) is 2.37. The molecule has 17 heavy (non-hydrogen) atoms. The Morgan fingerprint density at radius 1 is 1.47 bits per heavy atom. The largest absolute Gasteiger partial charge is 0.460 e. The number of hydrogen-bond donors (Lipinski definition) is 2. The summed E-state index contributed by atoms with van der Waals surface area (Å²) in [4.78, 5) is 15.4. The Bertz CT molecular complexity index is 390. The highest BCUT2D eigenvalue weighted by Crippen LogP contribution is 2.15. The zero-order valence-corrected chi connectivity index (χ0v) is 9.88. The van der Waals surface area contributed by atoms with Gasteiger partial charge in [-0.1, -0.05) is 30.3 Å². The van der Waals surface area contributed by atoms with Gasteiger partial charge in [-0.25, -0.2) is 10.3 Å². The second kappa shape index (κ2) is 6.65. The molecule has 5 heteroatoms. The number of hydrogen-bond acceptors (Lipinski definition) is 4. The van der Waals surface area contributed by atoms with E-state index in [0.717, 1.165) is 5.56 Å². The number of amidine groups is 1. The third-order valence-corrected chi connectivity index (χ3v) is 2.18. The van der Waals surface area contributed by atoms with Crippen LogP contribution in [0, 0.1) is 0 Å². The molecular weight excluding hydrogens is 220 g/mol. The summed E-state index contributed by atoms with van der Waals surface area (Å²) in [5.74, 6) is -0.860. The number of ether oxygens (including phenoxy) is 1. The number of esters is 1. The Hall–Kier alpha value is -1.88. The normalized spacial score (nSPS) is 13.0. The van der Waals surface area contributed by atoms with E-state index in [4.69, 9.17) is 9.94 Å². The third-order valence-electron chi connectivity index (χ3n) is 2.18. The van der Waals surface area contributed by atoms with Crippen LogP contribution in [-0.2, 0) is 9.53 Å². The Labute approximate surface area is 100 Å². The van der Waals surface area contributed by atoms with Crippen LogP contribution in [0.4, 0.5) is 0 Å². The summed E-state index contributed by atoms with van der Waals surface area (Å²) in [6, 6.07) is 9.23. The van der Waals surface area contributed by atoms with Gasteiger partial charge >= 0.3 is 5.97 Å². The highest BCUT2D eigenvalue weighted by atomic mass is 16.5. The molecule has 92 valence electrons.